The second-order valence-corrected chi connectivity index (χ2v) is 7.90. The summed E-state index contributed by atoms with van der Waals surface area (Å²) in [6.45, 7) is 8.13. The van der Waals surface area contributed by atoms with Crippen LogP contribution in [0.5, 0.6) is 0 Å². The van der Waals surface area contributed by atoms with Crippen LogP contribution >= 0.6 is 9.24 Å². The van der Waals surface area contributed by atoms with E-state index in [4.69, 9.17) is 0 Å². The molecule has 0 spiro atoms. The van der Waals surface area contributed by atoms with Crippen LogP contribution in [0.3, 0.4) is 0 Å². The monoisotopic (exact) mass is 391 g/mol. The highest BCUT2D eigenvalue weighted by Gasteiger charge is 2.35. The molecule has 0 aliphatic heterocycles. The van der Waals surface area contributed by atoms with Crippen LogP contribution in [0.25, 0.3) is 0 Å². The van der Waals surface area contributed by atoms with Crippen molar-refractivity contribution in [3.05, 3.63) is 46.7 Å². The molecular weight excluding hydrogens is 361 g/mol. The van der Waals surface area contributed by atoms with E-state index in [-0.39, 0.29) is 5.70 Å². The summed E-state index contributed by atoms with van der Waals surface area (Å²) in [6.07, 6.45) is 9.08. The predicted molar refractivity (Wildman–Crippen MR) is 111 cm³/mol. The van der Waals surface area contributed by atoms with E-state index in [1.807, 2.05) is 6.92 Å². The van der Waals surface area contributed by atoms with Gasteiger partial charge in [0, 0.05) is 12.2 Å². The molecule has 1 amide bonds. The Labute approximate surface area is 163 Å². The molecule has 0 aromatic rings. The molecule has 3 atom stereocenters. The van der Waals surface area contributed by atoms with E-state index in [0.29, 0.717) is 0 Å². The van der Waals surface area contributed by atoms with Crippen molar-refractivity contribution in [2.45, 2.75) is 65.1 Å². The first kappa shape index (κ1) is 23.2. The zero-order valence-corrected chi connectivity index (χ0v) is 17.7. The summed E-state index contributed by atoms with van der Waals surface area (Å²) >= 11 is 0. The average Bonchev–Trinajstić information content (AvgIpc) is 2.57. The maximum atomic E-state index is 12.1. The summed E-state index contributed by atoms with van der Waals surface area (Å²) in [5.74, 6) is -1.53. The molecular formula is C21H30NO4P. The van der Waals surface area contributed by atoms with E-state index in [0.717, 1.165) is 37.3 Å². The molecule has 0 radical (unpaired) electrons. The Morgan fingerprint density at radius 1 is 1.11 bits per heavy atom. The minimum atomic E-state index is -1.44. The fraction of sp³-hybridized carbons (Fsp3) is 0.476. The first-order valence-electron chi connectivity index (χ1n) is 9.12. The molecule has 0 saturated heterocycles. The maximum absolute atomic E-state index is 12.1. The molecule has 0 aromatic heterocycles. The third kappa shape index (κ3) is 8.15. The van der Waals surface area contributed by atoms with Crippen molar-refractivity contribution in [3.63, 3.8) is 0 Å². The van der Waals surface area contributed by atoms with Crippen molar-refractivity contribution in [2.24, 2.45) is 0 Å². The second kappa shape index (κ2) is 11.1. The average molecular weight is 391 g/mol. The van der Waals surface area contributed by atoms with E-state index in [9.17, 15) is 19.5 Å². The molecule has 1 aliphatic rings. The lowest BCUT2D eigenvalue weighted by atomic mass is 9.98. The van der Waals surface area contributed by atoms with Crippen LogP contribution in [0.2, 0.25) is 0 Å². The van der Waals surface area contributed by atoms with Gasteiger partial charge in [0.2, 0.25) is 11.7 Å². The quantitative estimate of drug-likeness (QED) is 0.378. The number of hydrogen-bond acceptors (Lipinski definition) is 4. The molecule has 2 N–H and O–H groups in total. The Hall–Kier alpha value is -1.84. The fourth-order valence-electron chi connectivity index (χ4n) is 2.59. The topological polar surface area (TPSA) is 83.5 Å². The molecule has 0 aromatic carbocycles. The molecule has 0 bridgehead atoms. The number of hydrogen-bond donors (Lipinski definition) is 2. The third-order valence-corrected chi connectivity index (χ3v) is 4.94. The molecule has 5 nitrogen and oxygen atoms in total. The van der Waals surface area contributed by atoms with Crippen LogP contribution in [0, 0.1) is 0 Å². The van der Waals surface area contributed by atoms with Gasteiger partial charge in [-0.25, -0.2) is 0 Å². The lowest BCUT2D eigenvalue weighted by Crippen LogP contribution is -2.44. The van der Waals surface area contributed by atoms with Crippen LogP contribution in [0.15, 0.2) is 46.7 Å². The standard InChI is InChI=1S/C21H30NO4P/c1-13(2)7-5-8-14(3)9-6-10-15(4)11-18(24)22-16-12-17(23)21(27)20(26)19(16)25/h7,9,11-12,20-21,26H,5-6,8,10,27H2,1-4H3,(H,22,24)/b14-9+,15-11+/t20-,21+/m1/s1. The zero-order valence-electron chi connectivity index (χ0n) is 16.5. The van der Waals surface area contributed by atoms with Crippen molar-refractivity contribution in [3.8, 4) is 0 Å². The number of aliphatic hydroxyl groups excluding tert-OH is 1. The smallest absolute Gasteiger partial charge is 0.248 e. The number of allylic oxidation sites excluding steroid dienone is 6. The molecule has 6 heteroatoms. The van der Waals surface area contributed by atoms with Gasteiger partial charge in [0.05, 0.1) is 11.4 Å². The molecule has 1 unspecified atom stereocenters. The molecule has 0 heterocycles. The van der Waals surface area contributed by atoms with Crippen LogP contribution in [-0.2, 0) is 14.4 Å². The molecule has 1 aliphatic carbocycles. The summed E-state index contributed by atoms with van der Waals surface area (Å²) in [4.78, 5) is 35.7. The van der Waals surface area contributed by atoms with Gasteiger partial charge >= 0.3 is 0 Å². The van der Waals surface area contributed by atoms with Gasteiger partial charge in [0.15, 0.2) is 5.78 Å². The van der Waals surface area contributed by atoms with Crippen LogP contribution in [0.1, 0.15) is 53.4 Å². The number of rotatable bonds is 8. The van der Waals surface area contributed by atoms with E-state index in [2.05, 4.69) is 47.5 Å². The highest BCUT2D eigenvalue weighted by atomic mass is 31.0. The maximum Gasteiger partial charge on any atom is 0.248 e. The van der Waals surface area contributed by atoms with E-state index in [1.54, 1.807) is 0 Å². The van der Waals surface area contributed by atoms with E-state index >= 15 is 0 Å². The summed E-state index contributed by atoms with van der Waals surface area (Å²) < 4.78 is 0. The van der Waals surface area contributed by atoms with Gasteiger partial charge in [-0.1, -0.05) is 28.9 Å². The number of aliphatic hydroxyl groups is 1. The second-order valence-electron chi connectivity index (χ2n) is 7.18. The van der Waals surface area contributed by atoms with Crippen LogP contribution < -0.4 is 5.32 Å². The minimum absolute atomic E-state index is 0.157. The van der Waals surface area contributed by atoms with Gasteiger partial charge in [-0.2, -0.15) is 0 Å². The number of ketones is 2. The highest BCUT2D eigenvalue weighted by Crippen LogP contribution is 2.18. The Morgan fingerprint density at radius 3 is 2.33 bits per heavy atom. The molecule has 148 valence electrons. The molecule has 1 rings (SSSR count). The van der Waals surface area contributed by atoms with Gasteiger partial charge in [-0.3, -0.25) is 14.4 Å². The molecule has 27 heavy (non-hydrogen) atoms. The van der Waals surface area contributed by atoms with Crippen molar-refractivity contribution >= 4 is 26.7 Å². The Bertz CT molecular complexity index is 712. The highest BCUT2D eigenvalue weighted by molar-refractivity contribution is 7.20. The lowest BCUT2D eigenvalue weighted by Gasteiger charge is -2.21. The largest absolute Gasteiger partial charge is 0.384 e. The van der Waals surface area contributed by atoms with Gasteiger partial charge < -0.3 is 10.4 Å². The van der Waals surface area contributed by atoms with Gasteiger partial charge in [0.25, 0.3) is 0 Å². The Balaban J connectivity index is 2.54. The fourth-order valence-corrected chi connectivity index (χ4v) is 2.86. The van der Waals surface area contributed by atoms with Gasteiger partial charge in [-0.05, 0) is 53.4 Å². The van der Waals surface area contributed by atoms with Crippen molar-refractivity contribution in [2.75, 3.05) is 0 Å². The number of carbonyl (C=O) groups is 3. The normalized spacial score (nSPS) is 21.0. The molecule has 0 fully saturated rings. The van der Waals surface area contributed by atoms with Gasteiger partial charge in [0.1, 0.15) is 6.10 Å². The Morgan fingerprint density at radius 2 is 1.70 bits per heavy atom. The van der Waals surface area contributed by atoms with Crippen molar-refractivity contribution < 1.29 is 19.5 Å². The summed E-state index contributed by atoms with van der Waals surface area (Å²) in [7, 11) is 2.14. The number of amides is 1. The first-order chi connectivity index (χ1) is 12.6. The van der Waals surface area contributed by atoms with Crippen LogP contribution in [-0.4, -0.2) is 34.3 Å². The molecule has 0 saturated carbocycles. The summed E-state index contributed by atoms with van der Waals surface area (Å²) in [6, 6.07) is 0. The minimum Gasteiger partial charge on any atom is -0.384 e. The Kier molecular flexibility index (Phi) is 9.54. The third-order valence-electron chi connectivity index (χ3n) is 4.25. The summed E-state index contributed by atoms with van der Waals surface area (Å²) in [5.41, 5.74) is 2.50. The van der Waals surface area contributed by atoms with Crippen molar-refractivity contribution in [1.82, 2.24) is 5.32 Å². The van der Waals surface area contributed by atoms with E-state index in [1.165, 1.54) is 17.2 Å². The lowest BCUT2D eigenvalue weighted by molar-refractivity contribution is -0.130. The van der Waals surface area contributed by atoms with Crippen molar-refractivity contribution in [1.29, 1.82) is 0 Å². The first-order valence-corrected chi connectivity index (χ1v) is 9.79. The predicted octanol–water partition coefficient (Wildman–Crippen LogP) is 3.16. The number of nitrogens with one attached hydrogen (secondary N) is 1. The summed E-state index contributed by atoms with van der Waals surface area (Å²) in [5, 5.41) is 12.1. The number of Topliss-reactive ketones (excluding diaryl/α,β-unsaturated/α-hetero) is 1. The number of carbonyl (C=O) groups excluding carboxylic acids is 3. The zero-order chi connectivity index (χ0) is 20.6. The van der Waals surface area contributed by atoms with E-state index < -0.39 is 29.2 Å². The van der Waals surface area contributed by atoms with Crippen LogP contribution in [0.4, 0.5) is 0 Å². The SMILES string of the molecule is CC(C)=CCC/C(C)=C/CC/C(C)=C/C(=O)NC1=CC(=O)[C@H](P)[C@H](O)C1=O. The van der Waals surface area contributed by atoms with Gasteiger partial charge in [-0.15, -0.1) is 9.24 Å².